The van der Waals surface area contributed by atoms with Crippen molar-refractivity contribution in [3.05, 3.63) is 148 Å². The van der Waals surface area contributed by atoms with Gasteiger partial charge in [-0.25, -0.2) is 4.98 Å². The summed E-state index contributed by atoms with van der Waals surface area (Å²) in [5, 5.41) is 0. The predicted octanol–water partition coefficient (Wildman–Crippen LogP) is 6.99. The zero-order valence-corrected chi connectivity index (χ0v) is 19.1. The molecule has 4 aromatic carbocycles. The standard InChI is InChI=1S/C28H21IN2/c29-26-18-16-22(17-19-26)27-20-31(21-30-27)28(23-10-4-1-5-11-23,24-12-6-2-7-13-24)25-14-8-3-9-15-25/h1-21H. The highest BCUT2D eigenvalue weighted by molar-refractivity contribution is 14.1. The molecule has 2 nitrogen and oxygen atoms in total. The second kappa shape index (κ2) is 8.52. The smallest absolute Gasteiger partial charge is 0.121 e. The van der Waals surface area contributed by atoms with Crippen LogP contribution in [0.1, 0.15) is 16.7 Å². The largest absolute Gasteiger partial charge is 0.318 e. The first-order chi connectivity index (χ1) is 15.3. The van der Waals surface area contributed by atoms with Crippen molar-refractivity contribution < 1.29 is 0 Å². The van der Waals surface area contributed by atoms with Gasteiger partial charge in [0.15, 0.2) is 0 Å². The van der Waals surface area contributed by atoms with Crippen LogP contribution < -0.4 is 0 Å². The number of aromatic nitrogens is 2. The zero-order valence-electron chi connectivity index (χ0n) is 16.9. The van der Waals surface area contributed by atoms with Gasteiger partial charge in [0.25, 0.3) is 0 Å². The van der Waals surface area contributed by atoms with Gasteiger partial charge >= 0.3 is 0 Å². The molecule has 5 rings (SSSR count). The molecule has 0 spiro atoms. The number of halogens is 1. The summed E-state index contributed by atoms with van der Waals surface area (Å²) in [5.74, 6) is 0. The number of hydrogen-bond acceptors (Lipinski definition) is 1. The summed E-state index contributed by atoms with van der Waals surface area (Å²) in [6, 6.07) is 40.5. The number of benzene rings is 4. The molecular weight excluding hydrogens is 491 g/mol. The Kier molecular flexibility index (Phi) is 5.43. The molecule has 31 heavy (non-hydrogen) atoms. The van der Waals surface area contributed by atoms with Crippen LogP contribution in [-0.4, -0.2) is 9.55 Å². The van der Waals surface area contributed by atoms with E-state index in [4.69, 9.17) is 4.98 Å². The highest BCUT2D eigenvalue weighted by Crippen LogP contribution is 2.41. The summed E-state index contributed by atoms with van der Waals surface area (Å²) in [4.78, 5) is 4.82. The fourth-order valence-corrected chi connectivity index (χ4v) is 4.62. The van der Waals surface area contributed by atoms with Gasteiger partial charge in [-0.1, -0.05) is 103 Å². The van der Waals surface area contributed by atoms with Crippen molar-refractivity contribution in [1.29, 1.82) is 0 Å². The molecular formula is C28H21IN2. The summed E-state index contributed by atoms with van der Waals surface area (Å²) in [5.41, 5.74) is 5.13. The normalized spacial score (nSPS) is 11.4. The SMILES string of the molecule is Ic1ccc(-c2cn(C(c3ccccc3)(c3ccccc3)c3ccccc3)cn2)cc1. The molecule has 0 bridgehead atoms. The van der Waals surface area contributed by atoms with Gasteiger partial charge in [-0.2, -0.15) is 0 Å². The molecule has 0 amide bonds. The topological polar surface area (TPSA) is 17.8 Å². The Balaban J connectivity index is 1.80. The van der Waals surface area contributed by atoms with E-state index in [1.807, 2.05) is 6.33 Å². The molecule has 0 radical (unpaired) electrons. The molecule has 0 aliphatic rings. The summed E-state index contributed by atoms with van der Waals surface area (Å²) in [6.45, 7) is 0. The first-order valence-corrected chi connectivity index (χ1v) is 11.3. The summed E-state index contributed by atoms with van der Waals surface area (Å²) >= 11 is 2.33. The van der Waals surface area contributed by atoms with Crippen molar-refractivity contribution in [2.45, 2.75) is 5.54 Å². The molecule has 1 heterocycles. The van der Waals surface area contributed by atoms with Crippen LogP contribution in [0.4, 0.5) is 0 Å². The molecule has 0 saturated carbocycles. The van der Waals surface area contributed by atoms with Gasteiger partial charge in [0, 0.05) is 15.3 Å². The van der Waals surface area contributed by atoms with Gasteiger partial charge in [-0.05, 0) is 51.4 Å². The van der Waals surface area contributed by atoms with Crippen LogP contribution in [0.2, 0.25) is 0 Å². The van der Waals surface area contributed by atoms with Crippen LogP contribution in [0.15, 0.2) is 128 Å². The Morgan fingerprint density at radius 2 is 1.03 bits per heavy atom. The van der Waals surface area contributed by atoms with E-state index in [0.29, 0.717) is 0 Å². The van der Waals surface area contributed by atoms with Crippen molar-refractivity contribution in [3.8, 4) is 11.3 Å². The average molecular weight is 512 g/mol. The maximum atomic E-state index is 4.82. The molecule has 0 unspecified atom stereocenters. The van der Waals surface area contributed by atoms with Crippen molar-refractivity contribution >= 4 is 22.6 Å². The van der Waals surface area contributed by atoms with E-state index in [1.54, 1.807) is 0 Å². The third-order valence-corrected chi connectivity index (χ3v) is 6.40. The van der Waals surface area contributed by atoms with Crippen LogP contribution in [0.3, 0.4) is 0 Å². The molecule has 1 aromatic heterocycles. The summed E-state index contributed by atoms with van der Waals surface area (Å²) in [6.07, 6.45) is 4.12. The van der Waals surface area contributed by atoms with Gasteiger partial charge < -0.3 is 4.57 Å². The quantitative estimate of drug-likeness (QED) is 0.183. The molecule has 150 valence electrons. The first kappa shape index (κ1) is 19.8. The van der Waals surface area contributed by atoms with Crippen molar-refractivity contribution in [3.63, 3.8) is 0 Å². The van der Waals surface area contributed by atoms with Crippen molar-refractivity contribution in [2.24, 2.45) is 0 Å². The lowest BCUT2D eigenvalue weighted by molar-refractivity contribution is 0.515. The average Bonchev–Trinajstić information content (AvgIpc) is 3.33. The molecule has 3 heteroatoms. The van der Waals surface area contributed by atoms with Crippen LogP contribution in [0.5, 0.6) is 0 Å². The predicted molar refractivity (Wildman–Crippen MR) is 135 cm³/mol. The van der Waals surface area contributed by atoms with E-state index in [1.165, 1.54) is 20.3 Å². The minimum Gasteiger partial charge on any atom is -0.318 e. The lowest BCUT2D eigenvalue weighted by Crippen LogP contribution is -2.36. The molecule has 0 N–H and O–H groups in total. The number of nitrogens with zero attached hydrogens (tertiary/aromatic N) is 2. The third kappa shape index (κ3) is 3.59. The van der Waals surface area contributed by atoms with E-state index in [9.17, 15) is 0 Å². The molecule has 0 saturated heterocycles. The molecule has 0 fully saturated rings. The molecule has 0 aliphatic heterocycles. The van der Waals surface area contributed by atoms with Crippen LogP contribution >= 0.6 is 22.6 Å². The Bertz CT molecular complexity index is 1160. The fraction of sp³-hybridized carbons (Fsp3) is 0.0357. The van der Waals surface area contributed by atoms with Gasteiger partial charge in [-0.15, -0.1) is 0 Å². The lowest BCUT2D eigenvalue weighted by atomic mass is 9.77. The van der Waals surface area contributed by atoms with Crippen LogP contribution in [0, 0.1) is 3.57 Å². The zero-order chi connectivity index (χ0) is 21.1. The Hall–Kier alpha value is -3.18. The van der Waals surface area contributed by atoms with Gasteiger partial charge in [0.05, 0.1) is 12.0 Å². The minimum absolute atomic E-state index is 0.530. The van der Waals surface area contributed by atoms with E-state index in [0.717, 1.165) is 11.3 Å². The minimum atomic E-state index is -0.530. The Labute approximate surface area is 196 Å². The monoisotopic (exact) mass is 512 g/mol. The summed E-state index contributed by atoms with van der Waals surface area (Å²) < 4.78 is 3.47. The van der Waals surface area contributed by atoms with Gasteiger partial charge in [-0.3, -0.25) is 0 Å². The molecule has 0 aliphatic carbocycles. The fourth-order valence-electron chi connectivity index (χ4n) is 4.26. The van der Waals surface area contributed by atoms with Crippen molar-refractivity contribution in [2.75, 3.05) is 0 Å². The van der Waals surface area contributed by atoms with Crippen LogP contribution in [-0.2, 0) is 5.54 Å². The van der Waals surface area contributed by atoms with E-state index in [-0.39, 0.29) is 0 Å². The highest BCUT2D eigenvalue weighted by Gasteiger charge is 2.38. The maximum absolute atomic E-state index is 4.82. The number of hydrogen-bond donors (Lipinski definition) is 0. The van der Waals surface area contributed by atoms with E-state index in [2.05, 4.69) is 149 Å². The Morgan fingerprint density at radius 3 is 1.48 bits per heavy atom. The van der Waals surface area contributed by atoms with Gasteiger partial charge in [0.2, 0.25) is 0 Å². The summed E-state index contributed by atoms with van der Waals surface area (Å²) in [7, 11) is 0. The molecule has 5 aromatic rings. The lowest BCUT2D eigenvalue weighted by Gasteiger charge is -2.37. The number of imidazole rings is 1. The first-order valence-electron chi connectivity index (χ1n) is 10.3. The number of rotatable bonds is 5. The second-order valence-electron chi connectivity index (χ2n) is 7.48. The second-order valence-corrected chi connectivity index (χ2v) is 8.73. The van der Waals surface area contributed by atoms with Gasteiger partial charge in [0.1, 0.15) is 5.54 Å². The van der Waals surface area contributed by atoms with E-state index >= 15 is 0 Å². The third-order valence-electron chi connectivity index (χ3n) is 5.68. The van der Waals surface area contributed by atoms with Crippen LogP contribution in [0.25, 0.3) is 11.3 Å². The Morgan fingerprint density at radius 1 is 0.581 bits per heavy atom. The van der Waals surface area contributed by atoms with Crippen molar-refractivity contribution in [1.82, 2.24) is 9.55 Å². The molecule has 0 atom stereocenters. The highest BCUT2D eigenvalue weighted by atomic mass is 127. The van der Waals surface area contributed by atoms with E-state index < -0.39 is 5.54 Å². The maximum Gasteiger partial charge on any atom is 0.121 e.